The highest BCUT2D eigenvalue weighted by Gasteiger charge is 2.22. The van der Waals surface area contributed by atoms with Crippen molar-refractivity contribution < 1.29 is 4.79 Å². The van der Waals surface area contributed by atoms with Crippen LogP contribution in [0.3, 0.4) is 0 Å². The van der Waals surface area contributed by atoms with E-state index in [4.69, 9.17) is 5.73 Å². The lowest BCUT2D eigenvalue weighted by Crippen LogP contribution is -2.39. The lowest BCUT2D eigenvalue weighted by molar-refractivity contribution is -0.132. The number of aryl methyl sites for hydroxylation is 1. The largest absolute Gasteiger partial charge is 0.337 e. The van der Waals surface area contributed by atoms with Crippen molar-refractivity contribution in [3.05, 3.63) is 30.6 Å². The highest BCUT2D eigenvalue weighted by Crippen LogP contribution is 2.12. The Labute approximate surface area is 102 Å². The number of aromatic nitrogens is 2. The Balaban J connectivity index is 2.75. The summed E-state index contributed by atoms with van der Waals surface area (Å²) in [6.07, 6.45) is 6.00. The highest BCUT2D eigenvalue weighted by molar-refractivity contribution is 5.83. The lowest BCUT2D eigenvalue weighted by Gasteiger charge is -2.23. The molecule has 1 aromatic heterocycles. The van der Waals surface area contributed by atoms with E-state index in [2.05, 4.69) is 11.7 Å². The highest BCUT2D eigenvalue weighted by atomic mass is 16.2. The minimum absolute atomic E-state index is 0.0836. The predicted molar refractivity (Wildman–Crippen MR) is 67.2 cm³/mol. The Bertz CT molecular complexity index is 386. The van der Waals surface area contributed by atoms with E-state index < -0.39 is 6.04 Å². The van der Waals surface area contributed by atoms with Crippen molar-refractivity contribution in [2.24, 2.45) is 12.8 Å². The first-order valence-corrected chi connectivity index (χ1v) is 5.74. The van der Waals surface area contributed by atoms with Crippen LogP contribution in [-0.4, -0.2) is 33.7 Å². The van der Waals surface area contributed by atoms with Crippen molar-refractivity contribution in [1.82, 2.24) is 14.7 Å². The first-order valence-electron chi connectivity index (χ1n) is 5.74. The van der Waals surface area contributed by atoms with Crippen molar-refractivity contribution in [3.8, 4) is 0 Å². The number of carbonyl (C=O) groups is 1. The summed E-state index contributed by atoms with van der Waals surface area (Å²) in [6, 6.07) is -0.643. The number of rotatable bonds is 6. The molecule has 0 saturated heterocycles. The van der Waals surface area contributed by atoms with E-state index in [1.165, 1.54) is 0 Å². The van der Waals surface area contributed by atoms with Gasteiger partial charge in [-0.1, -0.05) is 13.0 Å². The van der Waals surface area contributed by atoms with Crippen LogP contribution in [-0.2, 0) is 11.8 Å². The van der Waals surface area contributed by atoms with Crippen molar-refractivity contribution in [2.75, 3.05) is 13.1 Å². The minimum Gasteiger partial charge on any atom is -0.337 e. The number of hydrogen-bond acceptors (Lipinski definition) is 3. The third-order valence-corrected chi connectivity index (χ3v) is 2.50. The first kappa shape index (κ1) is 13.4. The monoisotopic (exact) mass is 236 g/mol. The summed E-state index contributed by atoms with van der Waals surface area (Å²) >= 11 is 0. The van der Waals surface area contributed by atoms with Crippen LogP contribution in [0.25, 0.3) is 0 Å². The molecular weight excluding hydrogens is 216 g/mol. The molecule has 0 aromatic carbocycles. The zero-order chi connectivity index (χ0) is 12.8. The van der Waals surface area contributed by atoms with Crippen molar-refractivity contribution >= 4 is 5.91 Å². The molecule has 1 unspecified atom stereocenters. The van der Waals surface area contributed by atoms with Crippen LogP contribution < -0.4 is 5.73 Å². The number of nitrogens with zero attached hydrogens (tertiary/aromatic N) is 3. The molecule has 1 heterocycles. The normalized spacial score (nSPS) is 12.2. The molecule has 0 radical (unpaired) electrons. The topological polar surface area (TPSA) is 64.2 Å². The predicted octanol–water partition coefficient (Wildman–Crippen LogP) is 0.844. The van der Waals surface area contributed by atoms with Gasteiger partial charge in [-0.25, -0.2) is 0 Å². The molecule has 5 heteroatoms. The van der Waals surface area contributed by atoms with Gasteiger partial charge in [0.1, 0.15) is 6.04 Å². The molecule has 1 rings (SSSR count). The Morgan fingerprint density at radius 1 is 1.76 bits per heavy atom. The summed E-state index contributed by atoms with van der Waals surface area (Å²) in [5, 5.41) is 4.02. The first-order chi connectivity index (χ1) is 8.10. The maximum absolute atomic E-state index is 12.1. The van der Waals surface area contributed by atoms with Gasteiger partial charge in [0, 0.05) is 31.9 Å². The molecular formula is C12H20N4O. The van der Waals surface area contributed by atoms with E-state index >= 15 is 0 Å². The van der Waals surface area contributed by atoms with Gasteiger partial charge in [0.25, 0.3) is 0 Å². The molecule has 0 fully saturated rings. The van der Waals surface area contributed by atoms with Crippen LogP contribution in [0, 0.1) is 0 Å². The van der Waals surface area contributed by atoms with Crippen molar-refractivity contribution in [2.45, 2.75) is 19.4 Å². The SMILES string of the molecule is C=CCN(CCC)C(=O)C(N)c1cnn(C)c1. The van der Waals surface area contributed by atoms with Gasteiger partial charge in [-0.3, -0.25) is 9.48 Å². The average molecular weight is 236 g/mol. The van der Waals surface area contributed by atoms with E-state index in [9.17, 15) is 4.79 Å². The second kappa shape index (κ2) is 6.20. The smallest absolute Gasteiger partial charge is 0.244 e. The summed E-state index contributed by atoms with van der Waals surface area (Å²) in [4.78, 5) is 13.9. The minimum atomic E-state index is -0.643. The van der Waals surface area contributed by atoms with E-state index in [1.807, 2.05) is 6.92 Å². The van der Waals surface area contributed by atoms with Crippen LogP contribution in [0.15, 0.2) is 25.0 Å². The summed E-state index contributed by atoms with van der Waals surface area (Å²) in [5.74, 6) is -0.0836. The number of nitrogens with two attached hydrogens (primary N) is 1. The number of hydrogen-bond donors (Lipinski definition) is 1. The van der Waals surface area contributed by atoms with Crippen LogP contribution in [0.2, 0.25) is 0 Å². The van der Waals surface area contributed by atoms with E-state index in [1.54, 1.807) is 35.1 Å². The molecule has 1 amide bonds. The van der Waals surface area contributed by atoms with E-state index in [0.29, 0.717) is 13.1 Å². The fourth-order valence-corrected chi connectivity index (χ4v) is 1.66. The van der Waals surface area contributed by atoms with Gasteiger partial charge in [-0.2, -0.15) is 5.10 Å². The van der Waals surface area contributed by atoms with Gasteiger partial charge >= 0.3 is 0 Å². The molecule has 0 bridgehead atoms. The zero-order valence-electron chi connectivity index (χ0n) is 10.5. The maximum Gasteiger partial charge on any atom is 0.244 e. The molecule has 5 nitrogen and oxygen atoms in total. The molecule has 2 N–H and O–H groups in total. The Hall–Kier alpha value is -1.62. The second-order valence-corrected chi connectivity index (χ2v) is 4.00. The maximum atomic E-state index is 12.1. The lowest BCUT2D eigenvalue weighted by atomic mass is 10.1. The summed E-state index contributed by atoms with van der Waals surface area (Å²) in [7, 11) is 1.80. The van der Waals surface area contributed by atoms with Crippen LogP contribution in [0.4, 0.5) is 0 Å². The summed E-state index contributed by atoms with van der Waals surface area (Å²) in [5.41, 5.74) is 6.67. The summed E-state index contributed by atoms with van der Waals surface area (Å²) in [6.45, 7) is 6.90. The van der Waals surface area contributed by atoms with Crippen LogP contribution in [0.1, 0.15) is 24.9 Å². The molecule has 94 valence electrons. The molecule has 0 aliphatic carbocycles. The zero-order valence-corrected chi connectivity index (χ0v) is 10.5. The fraction of sp³-hybridized carbons (Fsp3) is 0.500. The second-order valence-electron chi connectivity index (χ2n) is 4.00. The molecule has 0 aliphatic heterocycles. The fourth-order valence-electron chi connectivity index (χ4n) is 1.66. The standard InChI is InChI=1S/C12H20N4O/c1-4-6-16(7-5-2)12(17)11(13)10-8-14-15(3)9-10/h4,8-9,11H,1,5-7,13H2,2-3H3. The van der Waals surface area contributed by atoms with Crippen molar-refractivity contribution in [3.63, 3.8) is 0 Å². The quantitative estimate of drug-likeness (QED) is 0.745. The third-order valence-electron chi connectivity index (χ3n) is 2.50. The van der Waals surface area contributed by atoms with Gasteiger partial charge < -0.3 is 10.6 Å². The van der Waals surface area contributed by atoms with E-state index in [-0.39, 0.29) is 5.91 Å². The molecule has 1 atom stereocenters. The van der Waals surface area contributed by atoms with E-state index in [0.717, 1.165) is 12.0 Å². The van der Waals surface area contributed by atoms with Crippen LogP contribution in [0.5, 0.6) is 0 Å². The van der Waals surface area contributed by atoms with Gasteiger partial charge in [-0.15, -0.1) is 6.58 Å². The van der Waals surface area contributed by atoms with Gasteiger partial charge in [0.15, 0.2) is 0 Å². The molecule has 1 aromatic rings. The van der Waals surface area contributed by atoms with Gasteiger partial charge in [0.2, 0.25) is 5.91 Å². The van der Waals surface area contributed by atoms with Gasteiger partial charge in [0.05, 0.1) is 6.20 Å². The van der Waals surface area contributed by atoms with Gasteiger partial charge in [-0.05, 0) is 6.42 Å². The number of carbonyl (C=O) groups excluding carboxylic acids is 1. The molecule has 0 spiro atoms. The third kappa shape index (κ3) is 3.42. The average Bonchev–Trinajstić information content (AvgIpc) is 2.73. The Morgan fingerprint density at radius 3 is 2.94 bits per heavy atom. The van der Waals surface area contributed by atoms with Crippen LogP contribution >= 0.6 is 0 Å². The molecule has 0 saturated carbocycles. The summed E-state index contributed by atoms with van der Waals surface area (Å²) < 4.78 is 1.64. The Kier molecular flexibility index (Phi) is 4.90. The molecule has 17 heavy (non-hydrogen) atoms. The van der Waals surface area contributed by atoms with Crippen molar-refractivity contribution in [1.29, 1.82) is 0 Å². The molecule has 0 aliphatic rings. The Morgan fingerprint density at radius 2 is 2.47 bits per heavy atom. The number of amides is 1.